The molecule has 11 heteroatoms. The van der Waals surface area contributed by atoms with Gasteiger partial charge in [0, 0.05) is 57.6 Å². The van der Waals surface area contributed by atoms with Crippen LogP contribution in [0.2, 0.25) is 0 Å². The number of nitrogens with zero attached hydrogens (tertiary/aromatic N) is 6. The zero-order chi connectivity index (χ0) is 25.4. The first kappa shape index (κ1) is 24.4. The van der Waals surface area contributed by atoms with Crippen LogP contribution in [0.5, 0.6) is 0 Å². The van der Waals surface area contributed by atoms with Crippen molar-refractivity contribution in [2.45, 2.75) is 45.4 Å². The van der Waals surface area contributed by atoms with Crippen molar-refractivity contribution in [3.8, 4) is 0 Å². The molecule has 5 rings (SSSR count). The topological polar surface area (TPSA) is 144 Å². The molecule has 0 saturated carbocycles. The van der Waals surface area contributed by atoms with Gasteiger partial charge in [-0.2, -0.15) is 0 Å². The van der Waals surface area contributed by atoms with E-state index >= 15 is 0 Å². The first-order valence-corrected chi connectivity index (χ1v) is 12.5. The molecule has 3 aliphatic heterocycles. The van der Waals surface area contributed by atoms with Gasteiger partial charge in [0.25, 0.3) is 0 Å². The van der Waals surface area contributed by atoms with Crippen molar-refractivity contribution in [2.24, 2.45) is 22.8 Å². The van der Waals surface area contributed by atoms with E-state index in [-0.39, 0.29) is 36.0 Å². The normalized spacial score (nSPS) is 21.8. The summed E-state index contributed by atoms with van der Waals surface area (Å²) in [6, 6.07) is 9.42. The lowest BCUT2D eigenvalue weighted by Gasteiger charge is -2.51. The minimum absolute atomic E-state index is 0.0495. The molecule has 2 saturated heterocycles. The molecule has 2 atom stereocenters. The minimum Gasteiger partial charge on any atom is -0.368 e. The zero-order valence-corrected chi connectivity index (χ0v) is 20.7. The van der Waals surface area contributed by atoms with Gasteiger partial charge >= 0.3 is 0 Å². The van der Waals surface area contributed by atoms with Crippen LogP contribution < -0.4 is 11.5 Å². The maximum absolute atomic E-state index is 13.9. The third kappa shape index (κ3) is 4.60. The number of primary amides is 1. The summed E-state index contributed by atoms with van der Waals surface area (Å²) >= 11 is 0. The molecule has 3 aliphatic rings. The minimum atomic E-state index is -0.823. The molecule has 192 valence electrons. The summed E-state index contributed by atoms with van der Waals surface area (Å²) in [7, 11) is 0. The molecule has 1 unspecified atom stereocenters. The van der Waals surface area contributed by atoms with Crippen molar-refractivity contribution >= 4 is 17.7 Å². The van der Waals surface area contributed by atoms with E-state index in [1.54, 1.807) is 4.90 Å². The summed E-state index contributed by atoms with van der Waals surface area (Å²) in [5.74, 6) is 0.957. The largest absolute Gasteiger partial charge is 0.368 e. The number of aryl methyl sites for hydroxylation is 1. The van der Waals surface area contributed by atoms with Gasteiger partial charge in [-0.1, -0.05) is 30.3 Å². The number of rotatable bonds is 7. The highest BCUT2D eigenvalue weighted by Crippen LogP contribution is 2.45. The van der Waals surface area contributed by atoms with Crippen molar-refractivity contribution in [2.75, 3.05) is 32.7 Å². The van der Waals surface area contributed by atoms with Crippen LogP contribution >= 0.6 is 0 Å². The second-order valence-electron chi connectivity index (χ2n) is 10.4. The van der Waals surface area contributed by atoms with Crippen LogP contribution in [0.3, 0.4) is 0 Å². The molecule has 0 radical (unpaired) electrons. The Morgan fingerprint density at radius 3 is 2.56 bits per heavy atom. The second kappa shape index (κ2) is 9.62. The monoisotopic (exact) mass is 494 g/mol. The number of carbonyl (C=O) groups excluding carboxylic acids is 3. The molecule has 1 aromatic heterocycles. The summed E-state index contributed by atoms with van der Waals surface area (Å²) in [6.07, 6.45) is 0.404. The van der Waals surface area contributed by atoms with Gasteiger partial charge in [0.15, 0.2) is 5.82 Å². The van der Waals surface area contributed by atoms with Crippen LogP contribution in [0.15, 0.2) is 30.3 Å². The summed E-state index contributed by atoms with van der Waals surface area (Å²) < 4.78 is 2.07. The molecule has 4 heterocycles. The molecule has 36 heavy (non-hydrogen) atoms. The van der Waals surface area contributed by atoms with Gasteiger partial charge in [0.2, 0.25) is 17.7 Å². The fraction of sp³-hybridized carbons (Fsp3) is 0.560. The third-order valence-corrected chi connectivity index (χ3v) is 7.91. The number of hydrogen-bond donors (Lipinski definition) is 2. The SMILES string of the molecule is Cc1nnc2n1CCN(C(=O)C1CN(Cc3ccccc3)CC13CN(C(=O)CC[C@@H](N)C(N)=O)C3)C2. The smallest absolute Gasteiger partial charge is 0.234 e. The molecule has 3 amide bonds. The van der Waals surface area contributed by atoms with Crippen LogP contribution in [0.1, 0.15) is 30.1 Å². The number of likely N-dealkylation sites (tertiary alicyclic amines) is 2. The number of amides is 3. The summed E-state index contributed by atoms with van der Waals surface area (Å²) in [4.78, 5) is 43.9. The van der Waals surface area contributed by atoms with E-state index in [9.17, 15) is 14.4 Å². The van der Waals surface area contributed by atoms with Crippen LogP contribution in [0.25, 0.3) is 0 Å². The van der Waals surface area contributed by atoms with E-state index in [0.29, 0.717) is 39.3 Å². The lowest BCUT2D eigenvalue weighted by atomic mass is 9.70. The third-order valence-electron chi connectivity index (χ3n) is 7.91. The standard InChI is InChI=1S/C25H34N8O3/c1-17-28-29-21-13-31(9-10-33(17)21)24(36)19-12-30(11-18-5-3-2-4-6-18)14-25(19)15-32(16-25)22(34)8-7-20(26)23(27)35/h2-6,19-20H,7-16,26H2,1H3,(H2,27,35)/t19?,20-/m1/s1. The van der Waals surface area contributed by atoms with Gasteiger partial charge in [0.1, 0.15) is 5.82 Å². The number of nitrogens with two attached hydrogens (primary N) is 2. The second-order valence-corrected chi connectivity index (χ2v) is 10.4. The van der Waals surface area contributed by atoms with Crippen molar-refractivity contribution in [3.05, 3.63) is 47.5 Å². The van der Waals surface area contributed by atoms with Crippen molar-refractivity contribution in [1.29, 1.82) is 0 Å². The highest BCUT2D eigenvalue weighted by Gasteiger charge is 2.58. The maximum atomic E-state index is 13.9. The zero-order valence-electron chi connectivity index (χ0n) is 20.7. The van der Waals surface area contributed by atoms with Gasteiger partial charge < -0.3 is 25.8 Å². The predicted molar refractivity (Wildman–Crippen MR) is 131 cm³/mol. The molecule has 2 fully saturated rings. The average molecular weight is 495 g/mol. The number of fused-ring (bicyclic) bond motifs is 1. The van der Waals surface area contributed by atoms with E-state index in [2.05, 4.69) is 31.8 Å². The molecular formula is C25H34N8O3. The fourth-order valence-corrected chi connectivity index (χ4v) is 5.88. The molecule has 0 bridgehead atoms. The highest BCUT2D eigenvalue weighted by molar-refractivity contribution is 5.83. The van der Waals surface area contributed by atoms with Gasteiger partial charge in [-0.3, -0.25) is 19.3 Å². The Bertz CT molecular complexity index is 1140. The number of aromatic nitrogens is 3. The van der Waals surface area contributed by atoms with Gasteiger partial charge in [0.05, 0.1) is 18.5 Å². The highest BCUT2D eigenvalue weighted by atomic mass is 16.2. The van der Waals surface area contributed by atoms with E-state index in [1.165, 1.54) is 5.56 Å². The Balaban J connectivity index is 1.29. The van der Waals surface area contributed by atoms with Crippen LogP contribution in [0.4, 0.5) is 0 Å². The molecule has 1 aromatic carbocycles. The van der Waals surface area contributed by atoms with E-state index in [0.717, 1.165) is 24.7 Å². The first-order chi connectivity index (χ1) is 17.3. The van der Waals surface area contributed by atoms with Crippen LogP contribution in [-0.2, 0) is 34.0 Å². The molecule has 4 N–H and O–H groups in total. The quantitative estimate of drug-likeness (QED) is 0.527. The molecule has 0 aliphatic carbocycles. The van der Waals surface area contributed by atoms with Crippen molar-refractivity contribution in [1.82, 2.24) is 29.5 Å². The Labute approximate surface area is 210 Å². The van der Waals surface area contributed by atoms with E-state index in [4.69, 9.17) is 11.5 Å². The Morgan fingerprint density at radius 2 is 1.83 bits per heavy atom. The first-order valence-electron chi connectivity index (χ1n) is 12.5. The average Bonchev–Trinajstić information content (AvgIpc) is 3.42. The lowest BCUT2D eigenvalue weighted by Crippen LogP contribution is -2.64. The van der Waals surface area contributed by atoms with E-state index in [1.807, 2.05) is 30.0 Å². The fourth-order valence-electron chi connectivity index (χ4n) is 5.88. The Hall–Kier alpha value is -3.31. The number of hydrogen-bond acceptors (Lipinski definition) is 7. The molecule has 1 spiro atoms. The van der Waals surface area contributed by atoms with Crippen LogP contribution in [-0.4, -0.2) is 86.0 Å². The summed E-state index contributed by atoms with van der Waals surface area (Å²) in [5.41, 5.74) is 11.8. The van der Waals surface area contributed by atoms with Gasteiger partial charge in [-0.25, -0.2) is 0 Å². The van der Waals surface area contributed by atoms with Gasteiger partial charge in [-0.15, -0.1) is 10.2 Å². The van der Waals surface area contributed by atoms with E-state index < -0.39 is 11.9 Å². The molecular weight excluding hydrogens is 460 g/mol. The van der Waals surface area contributed by atoms with Gasteiger partial charge in [-0.05, 0) is 18.9 Å². The Morgan fingerprint density at radius 1 is 1.08 bits per heavy atom. The molecule has 11 nitrogen and oxygen atoms in total. The van der Waals surface area contributed by atoms with Crippen molar-refractivity contribution in [3.63, 3.8) is 0 Å². The van der Waals surface area contributed by atoms with Crippen LogP contribution in [0, 0.1) is 18.3 Å². The number of benzene rings is 1. The van der Waals surface area contributed by atoms with Crippen molar-refractivity contribution < 1.29 is 14.4 Å². The predicted octanol–water partition coefficient (Wildman–Crippen LogP) is -0.518. The Kier molecular flexibility index (Phi) is 6.52. The molecule has 2 aromatic rings. The lowest BCUT2D eigenvalue weighted by molar-refractivity contribution is -0.154. The summed E-state index contributed by atoms with van der Waals surface area (Å²) in [6.45, 7) is 6.95. The number of carbonyl (C=O) groups is 3. The summed E-state index contributed by atoms with van der Waals surface area (Å²) in [5, 5.41) is 8.41. The maximum Gasteiger partial charge on any atom is 0.234 e.